The number of rotatable bonds is 2. The van der Waals surface area contributed by atoms with Gasteiger partial charge in [-0.3, -0.25) is 0 Å². The van der Waals surface area contributed by atoms with E-state index in [1.807, 2.05) is 12.1 Å². The SMILES string of the molecule is CCOC(=O)C(C#N)=C1C=CC=CN1C. The summed E-state index contributed by atoms with van der Waals surface area (Å²) in [6.07, 6.45) is 7.07. The Morgan fingerprint density at radius 2 is 2.33 bits per heavy atom. The smallest absolute Gasteiger partial charge is 0.351 e. The topological polar surface area (TPSA) is 53.3 Å². The quantitative estimate of drug-likeness (QED) is 0.387. The fraction of sp³-hybridized carbons (Fsp3) is 0.273. The summed E-state index contributed by atoms with van der Waals surface area (Å²) in [5.41, 5.74) is 0.582. The second-order valence-electron chi connectivity index (χ2n) is 2.90. The van der Waals surface area contributed by atoms with Crippen LogP contribution in [0.4, 0.5) is 0 Å². The predicted octanol–water partition coefficient (Wildman–Crippen LogP) is 1.34. The molecule has 0 aromatic heterocycles. The molecule has 1 heterocycles. The van der Waals surface area contributed by atoms with Gasteiger partial charge in [-0.25, -0.2) is 4.79 Å². The van der Waals surface area contributed by atoms with Crippen LogP contribution in [0.15, 0.2) is 35.7 Å². The van der Waals surface area contributed by atoms with E-state index in [-0.39, 0.29) is 12.2 Å². The van der Waals surface area contributed by atoms with E-state index in [9.17, 15) is 4.79 Å². The molecule has 0 aromatic carbocycles. The summed E-state index contributed by atoms with van der Waals surface area (Å²) in [6, 6.07) is 1.87. The number of nitriles is 1. The number of ether oxygens (including phenoxy) is 1. The molecule has 0 atom stereocenters. The molecule has 15 heavy (non-hydrogen) atoms. The normalized spacial score (nSPS) is 17.3. The van der Waals surface area contributed by atoms with Crippen LogP contribution in [0.3, 0.4) is 0 Å². The molecule has 0 radical (unpaired) electrons. The molecule has 0 spiro atoms. The van der Waals surface area contributed by atoms with E-state index in [0.717, 1.165) is 0 Å². The van der Waals surface area contributed by atoms with E-state index in [1.165, 1.54) is 0 Å². The molecule has 0 bridgehead atoms. The number of allylic oxidation sites excluding steroid dienone is 3. The Morgan fingerprint density at radius 3 is 2.87 bits per heavy atom. The summed E-state index contributed by atoms with van der Waals surface area (Å²) < 4.78 is 4.79. The number of carbonyl (C=O) groups excluding carboxylic acids is 1. The third kappa shape index (κ3) is 2.47. The van der Waals surface area contributed by atoms with Crippen LogP contribution in [-0.4, -0.2) is 24.5 Å². The molecule has 1 aliphatic rings. The molecular weight excluding hydrogens is 192 g/mol. The van der Waals surface area contributed by atoms with Gasteiger partial charge in [-0.2, -0.15) is 5.26 Å². The molecule has 78 valence electrons. The number of likely N-dealkylation sites (N-methyl/N-ethyl adjacent to an activating group) is 1. The molecule has 0 fully saturated rings. The van der Waals surface area contributed by atoms with Crippen LogP contribution in [-0.2, 0) is 9.53 Å². The molecule has 1 rings (SSSR count). The van der Waals surface area contributed by atoms with Gasteiger partial charge in [0.15, 0.2) is 5.57 Å². The minimum absolute atomic E-state index is 0.0277. The molecule has 4 heteroatoms. The average molecular weight is 204 g/mol. The Hall–Kier alpha value is -2.02. The van der Waals surface area contributed by atoms with Crippen LogP contribution in [0.25, 0.3) is 0 Å². The summed E-state index contributed by atoms with van der Waals surface area (Å²) in [5, 5.41) is 8.90. The lowest BCUT2D eigenvalue weighted by Gasteiger charge is -2.18. The van der Waals surface area contributed by atoms with Crippen molar-refractivity contribution in [1.82, 2.24) is 4.90 Å². The Balaban J connectivity index is 3.04. The molecule has 0 unspecified atom stereocenters. The van der Waals surface area contributed by atoms with Crippen LogP contribution in [0.1, 0.15) is 6.92 Å². The fourth-order valence-corrected chi connectivity index (χ4v) is 1.19. The van der Waals surface area contributed by atoms with E-state index in [4.69, 9.17) is 10.00 Å². The van der Waals surface area contributed by atoms with Crippen LogP contribution in [0, 0.1) is 11.3 Å². The van der Waals surface area contributed by atoms with Crippen molar-refractivity contribution in [2.45, 2.75) is 6.92 Å². The maximum atomic E-state index is 11.4. The first-order valence-electron chi connectivity index (χ1n) is 4.60. The van der Waals surface area contributed by atoms with Crippen molar-refractivity contribution in [3.05, 3.63) is 35.7 Å². The van der Waals surface area contributed by atoms with Gasteiger partial charge in [0.25, 0.3) is 0 Å². The van der Waals surface area contributed by atoms with Gasteiger partial charge in [-0.1, -0.05) is 6.08 Å². The largest absolute Gasteiger partial charge is 0.462 e. The monoisotopic (exact) mass is 204 g/mol. The molecule has 0 saturated carbocycles. The fourth-order valence-electron chi connectivity index (χ4n) is 1.19. The lowest BCUT2D eigenvalue weighted by atomic mass is 10.1. The third-order valence-corrected chi connectivity index (χ3v) is 1.90. The zero-order valence-electron chi connectivity index (χ0n) is 8.73. The maximum absolute atomic E-state index is 11.4. The van der Waals surface area contributed by atoms with Crippen molar-refractivity contribution in [3.63, 3.8) is 0 Å². The molecule has 1 aliphatic heterocycles. The van der Waals surface area contributed by atoms with Gasteiger partial charge in [-0.05, 0) is 19.1 Å². The summed E-state index contributed by atoms with van der Waals surface area (Å²) in [4.78, 5) is 13.1. The van der Waals surface area contributed by atoms with Crippen molar-refractivity contribution in [3.8, 4) is 6.07 Å². The molecule has 0 aliphatic carbocycles. The highest BCUT2D eigenvalue weighted by molar-refractivity contribution is 5.94. The van der Waals surface area contributed by atoms with Gasteiger partial charge in [0.1, 0.15) is 6.07 Å². The minimum Gasteiger partial charge on any atom is -0.462 e. The van der Waals surface area contributed by atoms with E-state index in [1.54, 1.807) is 37.2 Å². The number of hydrogen-bond acceptors (Lipinski definition) is 4. The lowest BCUT2D eigenvalue weighted by molar-refractivity contribution is -0.138. The zero-order chi connectivity index (χ0) is 11.3. The Labute approximate surface area is 88.7 Å². The molecule has 0 aromatic rings. The van der Waals surface area contributed by atoms with Gasteiger partial charge in [-0.15, -0.1) is 0 Å². The van der Waals surface area contributed by atoms with Crippen LogP contribution >= 0.6 is 0 Å². The summed E-state index contributed by atoms with van der Waals surface area (Å²) >= 11 is 0. The van der Waals surface area contributed by atoms with Gasteiger partial charge in [0.2, 0.25) is 0 Å². The number of esters is 1. The molecule has 0 saturated heterocycles. The van der Waals surface area contributed by atoms with E-state index in [2.05, 4.69) is 0 Å². The van der Waals surface area contributed by atoms with Gasteiger partial charge < -0.3 is 9.64 Å². The maximum Gasteiger partial charge on any atom is 0.351 e. The van der Waals surface area contributed by atoms with Crippen molar-refractivity contribution in [1.29, 1.82) is 5.26 Å². The first-order chi connectivity index (χ1) is 7.20. The highest BCUT2D eigenvalue weighted by atomic mass is 16.5. The van der Waals surface area contributed by atoms with Crippen molar-refractivity contribution in [2.75, 3.05) is 13.7 Å². The second-order valence-corrected chi connectivity index (χ2v) is 2.90. The summed E-state index contributed by atoms with van der Waals surface area (Å²) in [5.74, 6) is -0.582. The van der Waals surface area contributed by atoms with Crippen LogP contribution in [0.2, 0.25) is 0 Å². The Morgan fingerprint density at radius 1 is 1.60 bits per heavy atom. The molecule has 0 N–H and O–H groups in total. The van der Waals surface area contributed by atoms with Gasteiger partial charge in [0.05, 0.1) is 12.3 Å². The lowest BCUT2D eigenvalue weighted by Crippen LogP contribution is -2.17. The highest BCUT2D eigenvalue weighted by Crippen LogP contribution is 2.15. The van der Waals surface area contributed by atoms with Crippen molar-refractivity contribution in [2.24, 2.45) is 0 Å². The number of carbonyl (C=O) groups is 1. The van der Waals surface area contributed by atoms with Gasteiger partial charge >= 0.3 is 5.97 Å². The number of nitrogens with zero attached hydrogens (tertiary/aromatic N) is 2. The minimum atomic E-state index is -0.582. The molecule has 0 amide bonds. The average Bonchev–Trinajstić information content (AvgIpc) is 2.22. The predicted molar refractivity (Wildman–Crippen MR) is 55.3 cm³/mol. The Bertz CT molecular complexity index is 386. The highest BCUT2D eigenvalue weighted by Gasteiger charge is 2.17. The Kier molecular flexibility index (Phi) is 3.69. The first-order valence-corrected chi connectivity index (χ1v) is 4.60. The van der Waals surface area contributed by atoms with Crippen LogP contribution in [0.5, 0.6) is 0 Å². The van der Waals surface area contributed by atoms with E-state index < -0.39 is 5.97 Å². The molecule has 4 nitrogen and oxygen atoms in total. The van der Waals surface area contributed by atoms with Gasteiger partial charge in [0, 0.05) is 13.2 Å². The summed E-state index contributed by atoms with van der Waals surface area (Å²) in [6.45, 7) is 1.97. The van der Waals surface area contributed by atoms with Crippen molar-refractivity contribution >= 4 is 5.97 Å². The summed E-state index contributed by atoms with van der Waals surface area (Å²) in [7, 11) is 1.77. The van der Waals surface area contributed by atoms with E-state index in [0.29, 0.717) is 5.70 Å². The third-order valence-electron chi connectivity index (χ3n) is 1.90. The molecular formula is C11H12N2O2. The van der Waals surface area contributed by atoms with Crippen molar-refractivity contribution < 1.29 is 9.53 Å². The van der Waals surface area contributed by atoms with Crippen LogP contribution < -0.4 is 0 Å². The second kappa shape index (κ2) is 5.01. The first kappa shape index (κ1) is 11.1. The van der Waals surface area contributed by atoms with E-state index >= 15 is 0 Å². The number of hydrogen-bond donors (Lipinski definition) is 0. The zero-order valence-corrected chi connectivity index (χ0v) is 8.73. The standard InChI is InChI=1S/C11H12N2O2/c1-3-15-11(14)9(8-12)10-6-4-5-7-13(10)2/h4-7H,3H2,1-2H3.